The molecule has 18 heavy (non-hydrogen) atoms. The Bertz CT molecular complexity index is 429. The van der Waals surface area contributed by atoms with E-state index in [1.54, 1.807) is 6.92 Å². The minimum atomic E-state index is -1.09. The largest absolute Gasteiger partial charge is 0.385 e. The number of ketones is 1. The molecule has 2 aliphatic rings. The van der Waals surface area contributed by atoms with Gasteiger partial charge in [-0.1, -0.05) is 27.7 Å². The fourth-order valence-electron chi connectivity index (χ4n) is 3.58. The summed E-state index contributed by atoms with van der Waals surface area (Å²) >= 11 is 0. The third-order valence-electron chi connectivity index (χ3n) is 4.53. The first-order chi connectivity index (χ1) is 8.00. The van der Waals surface area contributed by atoms with Crippen molar-refractivity contribution in [2.75, 3.05) is 0 Å². The fourth-order valence-corrected chi connectivity index (χ4v) is 3.58. The van der Waals surface area contributed by atoms with Crippen LogP contribution < -0.4 is 0 Å². The van der Waals surface area contributed by atoms with Crippen molar-refractivity contribution in [2.45, 2.75) is 65.1 Å². The first-order valence-corrected chi connectivity index (χ1v) is 6.72. The lowest BCUT2D eigenvalue weighted by atomic mass is 9.63. The van der Waals surface area contributed by atoms with Crippen molar-refractivity contribution in [3.63, 3.8) is 0 Å². The molecule has 0 saturated carbocycles. The van der Waals surface area contributed by atoms with Crippen molar-refractivity contribution in [2.24, 2.45) is 11.3 Å². The topological polar surface area (TPSA) is 57.5 Å². The van der Waals surface area contributed by atoms with E-state index in [0.29, 0.717) is 18.4 Å². The minimum Gasteiger partial charge on any atom is -0.385 e. The number of hydrogen-bond acceptors (Lipinski definition) is 3. The Balaban J connectivity index is 2.63. The molecule has 0 amide bonds. The first kappa shape index (κ1) is 13.8. The van der Waals surface area contributed by atoms with E-state index < -0.39 is 11.2 Å². The molecule has 0 aromatic carbocycles. The molecule has 0 spiro atoms. The smallest absolute Gasteiger partial charge is 0.165 e. The number of rotatable bonds is 1. The average molecular weight is 252 g/mol. The number of aliphatic hydroxyl groups is 2. The minimum absolute atomic E-state index is 0.0278. The summed E-state index contributed by atoms with van der Waals surface area (Å²) in [6.45, 7) is 9.74. The van der Waals surface area contributed by atoms with Crippen LogP contribution in [0.5, 0.6) is 0 Å². The van der Waals surface area contributed by atoms with Gasteiger partial charge in [0.1, 0.15) is 0 Å². The molecule has 0 radical (unpaired) electrons. The Morgan fingerprint density at radius 3 is 2.17 bits per heavy atom. The highest BCUT2D eigenvalue weighted by Crippen LogP contribution is 2.54. The van der Waals surface area contributed by atoms with Crippen molar-refractivity contribution < 1.29 is 15.0 Å². The van der Waals surface area contributed by atoms with Crippen LogP contribution in [-0.2, 0) is 4.79 Å². The van der Waals surface area contributed by atoms with Gasteiger partial charge in [-0.25, -0.2) is 0 Å². The average Bonchev–Trinajstić information content (AvgIpc) is 2.34. The lowest BCUT2D eigenvalue weighted by molar-refractivity contribution is -0.120. The highest BCUT2D eigenvalue weighted by Gasteiger charge is 2.55. The molecule has 0 saturated heterocycles. The van der Waals surface area contributed by atoms with E-state index in [1.807, 2.05) is 13.8 Å². The summed E-state index contributed by atoms with van der Waals surface area (Å²) < 4.78 is 0. The van der Waals surface area contributed by atoms with Gasteiger partial charge in [-0.15, -0.1) is 0 Å². The highest BCUT2D eigenvalue weighted by atomic mass is 16.3. The van der Waals surface area contributed by atoms with Crippen molar-refractivity contribution in [3.8, 4) is 0 Å². The molecule has 3 nitrogen and oxygen atoms in total. The van der Waals surface area contributed by atoms with Crippen LogP contribution in [0.2, 0.25) is 0 Å². The maximum absolute atomic E-state index is 12.2. The molecule has 0 unspecified atom stereocenters. The van der Waals surface area contributed by atoms with Gasteiger partial charge in [0.25, 0.3) is 0 Å². The van der Waals surface area contributed by atoms with Gasteiger partial charge in [0.15, 0.2) is 5.78 Å². The maximum atomic E-state index is 12.2. The van der Waals surface area contributed by atoms with Crippen LogP contribution in [-0.4, -0.2) is 27.2 Å². The molecule has 3 heteroatoms. The maximum Gasteiger partial charge on any atom is 0.165 e. The Hall–Kier alpha value is -0.670. The molecular weight excluding hydrogens is 228 g/mol. The predicted octanol–water partition coefficient (Wildman–Crippen LogP) is 2.21. The quantitative estimate of drug-likeness (QED) is 0.752. The zero-order valence-electron chi connectivity index (χ0n) is 12.0. The molecule has 0 bridgehead atoms. The van der Waals surface area contributed by atoms with Gasteiger partial charge in [-0.2, -0.15) is 0 Å². The predicted molar refractivity (Wildman–Crippen MR) is 70.1 cm³/mol. The SMILES string of the molecule is CC(C)[C@@]1(O)CC(C)(C)CC2=C1C(=O)C[C@]2(C)O. The second-order valence-electron chi connectivity index (χ2n) is 7.32. The number of carbonyl (C=O) groups excluding carboxylic acids is 1. The third kappa shape index (κ3) is 1.84. The Morgan fingerprint density at radius 2 is 1.67 bits per heavy atom. The number of carbonyl (C=O) groups is 1. The molecule has 102 valence electrons. The van der Waals surface area contributed by atoms with Gasteiger partial charge >= 0.3 is 0 Å². The number of hydrogen-bond donors (Lipinski definition) is 2. The van der Waals surface area contributed by atoms with Crippen molar-refractivity contribution in [1.82, 2.24) is 0 Å². The van der Waals surface area contributed by atoms with E-state index in [2.05, 4.69) is 13.8 Å². The monoisotopic (exact) mass is 252 g/mol. The molecule has 0 aromatic heterocycles. The van der Waals surface area contributed by atoms with E-state index >= 15 is 0 Å². The zero-order chi connectivity index (χ0) is 13.9. The second-order valence-corrected chi connectivity index (χ2v) is 7.32. The summed E-state index contributed by atoms with van der Waals surface area (Å²) in [7, 11) is 0. The lowest BCUT2D eigenvalue weighted by Crippen LogP contribution is -2.47. The van der Waals surface area contributed by atoms with E-state index in [0.717, 1.165) is 5.57 Å². The van der Waals surface area contributed by atoms with Crippen LogP contribution in [0, 0.1) is 11.3 Å². The van der Waals surface area contributed by atoms with Crippen LogP contribution in [0.15, 0.2) is 11.1 Å². The van der Waals surface area contributed by atoms with Crippen LogP contribution >= 0.6 is 0 Å². The molecule has 2 atom stereocenters. The second kappa shape index (κ2) is 3.67. The molecular formula is C15H24O3. The lowest BCUT2D eigenvalue weighted by Gasteiger charge is -2.45. The standard InChI is InChI=1S/C15H24O3/c1-9(2)15(18)8-13(3,4)6-10-12(15)11(16)7-14(10,5)17/h9,17-18H,6-8H2,1-5H3/t14-,15-/m0/s1. The molecule has 0 fully saturated rings. The van der Waals surface area contributed by atoms with Crippen LogP contribution in [0.4, 0.5) is 0 Å². The summed E-state index contributed by atoms with van der Waals surface area (Å²) in [5.41, 5.74) is -0.990. The Kier molecular flexibility index (Phi) is 2.81. The van der Waals surface area contributed by atoms with Crippen LogP contribution in [0.3, 0.4) is 0 Å². The number of Topliss-reactive ketones (excluding diaryl/α,β-unsaturated/α-hetero) is 1. The highest BCUT2D eigenvalue weighted by molar-refractivity contribution is 6.02. The molecule has 0 aromatic rings. The van der Waals surface area contributed by atoms with E-state index in [4.69, 9.17) is 0 Å². The van der Waals surface area contributed by atoms with Gasteiger partial charge in [-0.05, 0) is 36.7 Å². The normalized spacial score (nSPS) is 39.4. The third-order valence-corrected chi connectivity index (χ3v) is 4.53. The summed E-state index contributed by atoms with van der Waals surface area (Å²) in [4.78, 5) is 12.2. The van der Waals surface area contributed by atoms with Crippen LogP contribution in [0.25, 0.3) is 0 Å². The van der Waals surface area contributed by atoms with Crippen molar-refractivity contribution in [3.05, 3.63) is 11.1 Å². The Labute approximate surface area is 109 Å². The van der Waals surface area contributed by atoms with Gasteiger partial charge < -0.3 is 10.2 Å². The summed E-state index contributed by atoms with van der Waals surface area (Å²) in [5.74, 6) is -0.110. The van der Waals surface area contributed by atoms with Crippen molar-refractivity contribution in [1.29, 1.82) is 0 Å². The molecule has 2 N–H and O–H groups in total. The molecule has 2 rings (SSSR count). The van der Waals surface area contributed by atoms with E-state index in [1.165, 1.54) is 0 Å². The molecule has 0 heterocycles. The fraction of sp³-hybridized carbons (Fsp3) is 0.800. The van der Waals surface area contributed by atoms with Gasteiger partial charge in [-0.3, -0.25) is 4.79 Å². The van der Waals surface area contributed by atoms with E-state index in [-0.39, 0.29) is 23.5 Å². The first-order valence-electron chi connectivity index (χ1n) is 6.72. The zero-order valence-corrected chi connectivity index (χ0v) is 12.0. The summed E-state index contributed by atoms with van der Waals surface area (Å²) in [6, 6.07) is 0. The van der Waals surface area contributed by atoms with Gasteiger partial charge in [0.05, 0.1) is 11.2 Å². The molecule has 2 aliphatic carbocycles. The summed E-state index contributed by atoms with van der Waals surface area (Å²) in [5, 5.41) is 21.4. The Morgan fingerprint density at radius 1 is 1.11 bits per heavy atom. The summed E-state index contributed by atoms with van der Waals surface area (Å²) in [6.07, 6.45) is 1.39. The van der Waals surface area contributed by atoms with Gasteiger partial charge in [0.2, 0.25) is 0 Å². The van der Waals surface area contributed by atoms with Crippen molar-refractivity contribution >= 4 is 5.78 Å². The molecule has 0 aliphatic heterocycles. The van der Waals surface area contributed by atoms with E-state index in [9.17, 15) is 15.0 Å². The van der Waals surface area contributed by atoms with Crippen LogP contribution in [0.1, 0.15) is 53.9 Å². The van der Waals surface area contributed by atoms with Gasteiger partial charge in [0, 0.05) is 12.0 Å².